The highest BCUT2D eigenvalue weighted by atomic mass is 32.1. The third kappa shape index (κ3) is 2.84. The van der Waals surface area contributed by atoms with Crippen molar-refractivity contribution in [2.24, 2.45) is 0 Å². The zero-order valence-electron chi connectivity index (χ0n) is 13.8. The number of nitrogens with one attached hydrogen (secondary N) is 1. The number of hydrogen-bond donors (Lipinski definition) is 1. The fourth-order valence-electron chi connectivity index (χ4n) is 2.87. The van der Waals surface area contributed by atoms with Gasteiger partial charge in [-0.25, -0.2) is 9.78 Å². The predicted molar refractivity (Wildman–Crippen MR) is 99.7 cm³/mol. The van der Waals surface area contributed by atoms with Gasteiger partial charge in [0, 0.05) is 17.8 Å². The van der Waals surface area contributed by atoms with Crippen molar-refractivity contribution in [3.63, 3.8) is 0 Å². The number of rotatable bonds is 6. The molecule has 0 saturated heterocycles. The van der Waals surface area contributed by atoms with E-state index in [9.17, 15) is 9.59 Å². The van der Waals surface area contributed by atoms with E-state index in [1.54, 1.807) is 29.7 Å². The first kappa shape index (κ1) is 16.3. The summed E-state index contributed by atoms with van der Waals surface area (Å²) in [4.78, 5) is 34.3. The van der Waals surface area contributed by atoms with E-state index >= 15 is 0 Å². The van der Waals surface area contributed by atoms with Crippen LogP contribution in [0.25, 0.3) is 11.2 Å². The van der Waals surface area contributed by atoms with E-state index in [-0.39, 0.29) is 13.1 Å². The molecule has 4 rings (SSSR count). The number of aromatic nitrogens is 4. The summed E-state index contributed by atoms with van der Waals surface area (Å²) in [6.45, 7) is 3.96. The number of imidazole rings is 1. The first-order chi connectivity index (χ1) is 12.7. The molecule has 0 aliphatic carbocycles. The zero-order valence-corrected chi connectivity index (χ0v) is 14.7. The highest BCUT2D eigenvalue weighted by Gasteiger charge is 2.18. The molecule has 0 fully saturated rings. The number of furan rings is 1. The van der Waals surface area contributed by atoms with Crippen LogP contribution in [-0.4, -0.2) is 19.1 Å². The quantitative estimate of drug-likeness (QED) is 0.530. The minimum atomic E-state index is -0.437. The monoisotopic (exact) mass is 368 g/mol. The molecule has 0 bridgehead atoms. The number of hydrogen-bond acceptors (Lipinski definition) is 5. The lowest BCUT2D eigenvalue weighted by atomic mass is 10.3. The highest BCUT2D eigenvalue weighted by Crippen LogP contribution is 2.15. The van der Waals surface area contributed by atoms with Gasteiger partial charge in [0.25, 0.3) is 5.56 Å². The van der Waals surface area contributed by atoms with E-state index in [1.807, 2.05) is 17.5 Å². The van der Waals surface area contributed by atoms with Gasteiger partial charge in [0.05, 0.1) is 12.8 Å². The van der Waals surface area contributed by atoms with Gasteiger partial charge in [-0.1, -0.05) is 12.1 Å². The molecule has 0 amide bonds. The van der Waals surface area contributed by atoms with Gasteiger partial charge < -0.3 is 9.40 Å². The first-order valence-electron chi connectivity index (χ1n) is 8.05. The topological polar surface area (TPSA) is 85.8 Å². The molecule has 0 saturated carbocycles. The number of aromatic amines is 1. The van der Waals surface area contributed by atoms with Crippen LogP contribution >= 0.6 is 11.3 Å². The van der Waals surface area contributed by atoms with Crippen molar-refractivity contribution in [3.8, 4) is 0 Å². The van der Waals surface area contributed by atoms with Gasteiger partial charge in [-0.2, -0.15) is 0 Å². The summed E-state index contributed by atoms with van der Waals surface area (Å²) in [5, 5.41) is 1.99. The van der Waals surface area contributed by atoms with Gasteiger partial charge in [-0.3, -0.25) is 13.9 Å². The normalized spacial score (nSPS) is 11.2. The largest absolute Gasteiger partial charge is 0.467 e. The number of thiophene rings is 1. The molecule has 0 unspecified atom stereocenters. The summed E-state index contributed by atoms with van der Waals surface area (Å²) in [6, 6.07) is 7.50. The minimum absolute atomic E-state index is 0.130. The van der Waals surface area contributed by atoms with E-state index in [2.05, 4.69) is 16.5 Å². The van der Waals surface area contributed by atoms with Crippen LogP contribution in [0.4, 0.5) is 0 Å². The summed E-state index contributed by atoms with van der Waals surface area (Å²) >= 11 is 1.61. The lowest BCUT2D eigenvalue weighted by Gasteiger charge is -2.08. The fourth-order valence-corrected chi connectivity index (χ4v) is 3.58. The van der Waals surface area contributed by atoms with Crippen molar-refractivity contribution in [3.05, 3.63) is 85.9 Å². The van der Waals surface area contributed by atoms with Crippen molar-refractivity contribution < 1.29 is 4.42 Å². The maximum atomic E-state index is 12.8. The lowest BCUT2D eigenvalue weighted by Crippen LogP contribution is -2.40. The van der Waals surface area contributed by atoms with Crippen molar-refractivity contribution in [2.75, 3.05) is 0 Å². The molecule has 0 aliphatic heterocycles. The predicted octanol–water partition coefficient (Wildman–Crippen LogP) is 2.37. The van der Waals surface area contributed by atoms with Crippen molar-refractivity contribution >= 4 is 22.5 Å². The van der Waals surface area contributed by atoms with Gasteiger partial charge in [-0.05, 0) is 23.6 Å². The molecule has 132 valence electrons. The molecule has 4 aromatic heterocycles. The fraction of sp³-hybridized carbons (Fsp3) is 0.167. The highest BCUT2D eigenvalue weighted by molar-refractivity contribution is 7.09. The molecule has 0 spiro atoms. The average Bonchev–Trinajstić information content (AvgIpc) is 3.37. The third-order valence-electron chi connectivity index (χ3n) is 4.04. The molecular formula is C18H16N4O3S. The molecular weight excluding hydrogens is 352 g/mol. The van der Waals surface area contributed by atoms with E-state index in [0.29, 0.717) is 29.2 Å². The van der Waals surface area contributed by atoms with E-state index in [0.717, 1.165) is 9.44 Å². The Morgan fingerprint density at radius 1 is 1.27 bits per heavy atom. The van der Waals surface area contributed by atoms with Crippen LogP contribution in [0.1, 0.15) is 16.5 Å². The van der Waals surface area contributed by atoms with Crippen LogP contribution < -0.4 is 11.2 Å². The Balaban J connectivity index is 1.91. The molecule has 8 heteroatoms. The van der Waals surface area contributed by atoms with E-state index < -0.39 is 11.2 Å². The molecule has 0 radical (unpaired) electrons. The summed E-state index contributed by atoms with van der Waals surface area (Å²) in [7, 11) is 0. The average molecular weight is 368 g/mol. The molecule has 7 nitrogen and oxygen atoms in total. The second-order valence-corrected chi connectivity index (χ2v) is 6.82. The molecule has 26 heavy (non-hydrogen) atoms. The number of nitrogens with zero attached hydrogens (tertiary/aromatic N) is 3. The summed E-state index contributed by atoms with van der Waals surface area (Å²) in [5.41, 5.74) is -0.189. The van der Waals surface area contributed by atoms with E-state index in [4.69, 9.17) is 4.42 Å². The summed E-state index contributed by atoms with van der Waals surface area (Å²) < 4.78 is 7.96. The van der Waals surface area contributed by atoms with Gasteiger partial charge in [-0.15, -0.1) is 17.9 Å². The van der Waals surface area contributed by atoms with Crippen LogP contribution in [-0.2, 0) is 19.5 Å². The number of fused-ring (bicyclic) bond motifs is 1. The maximum absolute atomic E-state index is 12.8. The molecule has 4 aromatic rings. The van der Waals surface area contributed by atoms with Crippen LogP contribution in [0.5, 0.6) is 0 Å². The Kier molecular flexibility index (Phi) is 4.18. The zero-order chi connectivity index (χ0) is 18.1. The van der Waals surface area contributed by atoms with Crippen LogP contribution in [0, 0.1) is 0 Å². The summed E-state index contributed by atoms with van der Waals surface area (Å²) in [6.07, 6.45) is 3.64. The minimum Gasteiger partial charge on any atom is -0.467 e. The lowest BCUT2D eigenvalue weighted by molar-refractivity contribution is 0.485. The Labute approximate surface area is 151 Å². The first-order valence-corrected chi connectivity index (χ1v) is 8.93. The Morgan fingerprint density at radius 3 is 2.85 bits per heavy atom. The van der Waals surface area contributed by atoms with Crippen LogP contribution in [0.3, 0.4) is 0 Å². The smallest absolute Gasteiger partial charge is 0.333 e. The number of H-pyrrole nitrogens is 1. The van der Waals surface area contributed by atoms with Crippen molar-refractivity contribution in [1.29, 1.82) is 0 Å². The SMILES string of the molecule is C=CCn1c(=O)c2[nH]c(Cc3cccs3)nc2n(Cc2ccco2)c1=O. The number of allylic oxidation sites excluding steroid dienone is 1. The Bertz CT molecular complexity index is 1160. The van der Waals surface area contributed by atoms with Crippen molar-refractivity contribution in [2.45, 2.75) is 19.5 Å². The van der Waals surface area contributed by atoms with Crippen LogP contribution in [0.15, 0.2) is 62.6 Å². The second-order valence-electron chi connectivity index (χ2n) is 5.79. The van der Waals surface area contributed by atoms with Crippen molar-refractivity contribution in [1.82, 2.24) is 19.1 Å². The Hall–Kier alpha value is -3.13. The maximum Gasteiger partial charge on any atom is 0.333 e. The van der Waals surface area contributed by atoms with Gasteiger partial charge in [0.15, 0.2) is 5.65 Å². The van der Waals surface area contributed by atoms with Gasteiger partial charge >= 0.3 is 5.69 Å². The standard InChI is InChI=1S/C18H16N4O3S/c1-2-7-21-17(23)15-16(20-14(19-15)10-13-6-4-9-26-13)22(18(21)24)11-12-5-3-8-25-12/h2-6,8-9H,1,7,10-11H2,(H,19,20). The molecule has 0 atom stereocenters. The van der Waals surface area contributed by atoms with E-state index in [1.165, 1.54) is 10.6 Å². The molecule has 0 aromatic carbocycles. The van der Waals surface area contributed by atoms with Gasteiger partial charge in [0.1, 0.15) is 17.1 Å². The molecule has 1 N–H and O–H groups in total. The molecule has 4 heterocycles. The van der Waals surface area contributed by atoms with Gasteiger partial charge in [0.2, 0.25) is 0 Å². The third-order valence-corrected chi connectivity index (χ3v) is 4.91. The van der Waals surface area contributed by atoms with Crippen LogP contribution in [0.2, 0.25) is 0 Å². The summed E-state index contributed by atoms with van der Waals surface area (Å²) in [5.74, 6) is 1.25. The second kappa shape index (κ2) is 6.64. The molecule has 0 aliphatic rings. The Morgan fingerprint density at radius 2 is 2.15 bits per heavy atom.